The predicted octanol–water partition coefficient (Wildman–Crippen LogP) is 3.91. The molecule has 0 saturated carbocycles. The molecular weight excluding hydrogens is 398 g/mol. The third kappa shape index (κ3) is 3.49. The highest BCUT2D eigenvalue weighted by Gasteiger charge is 2.40. The number of carbonyl (C=O) groups excluding carboxylic acids is 1. The summed E-state index contributed by atoms with van der Waals surface area (Å²) in [6, 6.07) is 15.8. The van der Waals surface area contributed by atoms with Crippen LogP contribution in [0.4, 0.5) is 5.69 Å². The Bertz CT molecular complexity index is 1190. The molecule has 0 saturated heterocycles. The highest BCUT2D eigenvalue weighted by Crippen LogP contribution is 2.37. The van der Waals surface area contributed by atoms with E-state index < -0.39 is 15.6 Å². The number of aromatic nitrogens is 1. The van der Waals surface area contributed by atoms with Crippen molar-refractivity contribution in [2.45, 2.75) is 18.9 Å². The molecule has 1 aromatic heterocycles. The predicted molar refractivity (Wildman–Crippen MR) is 110 cm³/mol. The van der Waals surface area contributed by atoms with Crippen LogP contribution in [0.3, 0.4) is 0 Å². The molecule has 0 aliphatic rings. The van der Waals surface area contributed by atoms with Gasteiger partial charge in [-0.3, -0.25) is 9.52 Å². The molecule has 1 heterocycles. The fourth-order valence-corrected chi connectivity index (χ4v) is 4.16. The van der Waals surface area contributed by atoms with E-state index in [9.17, 15) is 18.5 Å². The van der Waals surface area contributed by atoms with Gasteiger partial charge in [-0.05, 0) is 42.8 Å². The second-order valence-corrected chi connectivity index (χ2v) is 8.74. The largest absolute Gasteiger partial charge is 0.329 e. The summed E-state index contributed by atoms with van der Waals surface area (Å²) in [6.07, 6.45) is 2.69. The first-order valence-electron chi connectivity index (χ1n) is 8.41. The summed E-state index contributed by atoms with van der Waals surface area (Å²) in [5.41, 5.74) is 0.411. The molecule has 0 aliphatic carbocycles. The second-order valence-electron chi connectivity index (χ2n) is 6.56. The van der Waals surface area contributed by atoms with E-state index in [2.05, 4.69) is 10.8 Å². The molecule has 6 nitrogen and oxygen atoms in total. The highest BCUT2D eigenvalue weighted by atomic mass is 35.5. The Morgan fingerprint density at radius 2 is 1.89 bits per heavy atom. The van der Waals surface area contributed by atoms with Crippen LogP contribution in [0.15, 0.2) is 54.7 Å². The Morgan fingerprint density at radius 3 is 2.46 bits per heavy atom. The lowest BCUT2D eigenvalue weighted by Crippen LogP contribution is -2.41. The van der Waals surface area contributed by atoms with Crippen LogP contribution in [0.2, 0.25) is 5.02 Å². The number of fused-ring (bicyclic) bond motifs is 1. The molecule has 1 unspecified atom stereocenters. The number of halogens is 1. The van der Waals surface area contributed by atoms with Gasteiger partial charge in [-0.15, -0.1) is 0 Å². The number of hydrogen-bond acceptors (Lipinski definition) is 4. The maximum atomic E-state index is 12.9. The summed E-state index contributed by atoms with van der Waals surface area (Å²) < 4.78 is 27.6. The molecule has 0 amide bonds. The zero-order chi connectivity index (χ0) is 20.5. The maximum absolute atomic E-state index is 12.9. The average Bonchev–Trinajstić information content (AvgIpc) is 3.04. The number of anilines is 1. The highest BCUT2D eigenvalue weighted by molar-refractivity contribution is 7.92. The van der Waals surface area contributed by atoms with Crippen LogP contribution in [0, 0.1) is 11.3 Å². The lowest BCUT2D eigenvalue weighted by Gasteiger charge is -2.32. The molecule has 28 heavy (non-hydrogen) atoms. The fraction of sp³-hybridized carbons (Fsp3) is 0.200. The molecule has 1 atom stereocenters. The van der Waals surface area contributed by atoms with E-state index in [1.807, 2.05) is 0 Å². The Hall–Kier alpha value is -2.82. The van der Waals surface area contributed by atoms with Gasteiger partial charge in [0.1, 0.15) is 5.54 Å². The smallest absolute Gasteiger partial charge is 0.229 e. The minimum atomic E-state index is -3.47. The number of rotatable bonds is 6. The Morgan fingerprint density at radius 1 is 1.21 bits per heavy atom. The van der Waals surface area contributed by atoms with Crippen molar-refractivity contribution in [3.05, 3.63) is 65.3 Å². The van der Waals surface area contributed by atoms with Gasteiger partial charge < -0.3 is 4.57 Å². The van der Waals surface area contributed by atoms with Crippen molar-refractivity contribution in [3.8, 4) is 6.07 Å². The number of carbonyl (C=O) groups is 1. The average molecular weight is 416 g/mol. The van der Waals surface area contributed by atoms with Crippen LogP contribution in [0.5, 0.6) is 0 Å². The monoisotopic (exact) mass is 415 g/mol. The molecule has 144 valence electrons. The minimum Gasteiger partial charge on any atom is -0.329 e. The molecule has 0 bridgehead atoms. The van der Waals surface area contributed by atoms with E-state index in [4.69, 9.17) is 11.6 Å². The minimum absolute atomic E-state index is 0.0858. The van der Waals surface area contributed by atoms with Gasteiger partial charge in [0.15, 0.2) is 5.78 Å². The van der Waals surface area contributed by atoms with Crippen LogP contribution >= 0.6 is 11.6 Å². The number of benzene rings is 2. The summed E-state index contributed by atoms with van der Waals surface area (Å²) in [4.78, 5) is 12.9. The van der Waals surface area contributed by atoms with Crippen molar-refractivity contribution in [1.29, 1.82) is 5.26 Å². The zero-order valence-corrected chi connectivity index (χ0v) is 16.9. The summed E-state index contributed by atoms with van der Waals surface area (Å²) in [5.74, 6) is -0.213. The first-order valence-corrected chi connectivity index (χ1v) is 10.7. The number of nitrogens with zero attached hydrogens (tertiary/aromatic N) is 2. The Labute approximate surface area is 168 Å². The van der Waals surface area contributed by atoms with Gasteiger partial charge in [0, 0.05) is 16.6 Å². The number of hydrogen-bond donors (Lipinski definition) is 1. The van der Waals surface area contributed by atoms with Gasteiger partial charge in [-0.1, -0.05) is 29.8 Å². The molecule has 0 fully saturated rings. The lowest BCUT2D eigenvalue weighted by atomic mass is 9.83. The quantitative estimate of drug-likeness (QED) is 0.660. The van der Waals surface area contributed by atoms with Crippen molar-refractivity contribution in [2.24, 2.45) is 0 Å². The molecule has 1 N–H and O–H groups in total. The lowest BCUT2D eigenvalue weighted by molar-refractivity contribution is -0.123. The number of nitrogens with one attached hydrogen (secondary N) is 1. The van der Waals surface area contributed by atoms with Gasteiger partial charge in [0.05, 0.1) is 29.9 Å². The van der Waals surface area contributed by atoms with E-state index in [-0.39, 0.29) is 12.2 Å². The topological polar surface area (TPSA) is 92.0 Å². The van der Waals surface area contributed by atoms with Gasteiger partial charge in [-0.25, -0.2) is 8.42 Å². The first kappa shape index (κ1) is 19.9. The third-order valence-corrected chi connectivity index (χ3v) is 5.52. The molecule has 2 aromatic carbocycles. The van der Waals surface area contributed by atoms with Gasteiger partial charge in [0.2, 0.25) is 10.0 Å². The van der Waals surface area contributed by atoms with Crippen LogP contribution < -0.4 is 4.72 Å². The van der Waals surface area contributed by atoms with E-state index in [0.717, 1.165) is 6.26 Å². The molecule has 3 aromatic rings. The maximum Gasteiger partial charge on any atom is 0.229 e. The number of nitriles is 1. The van der Waals surface area contributed by atoms with Crippen molar-refractivity contribution in [1.82, 2.24) is 4.57 Å². The molecular formula is C20H18ClN3O3S. The van der Waals surface area contributed by atoms with Crippen molar-refractivity contribution in [3.63, 3.8) is 0 Å². The zero-order valence-electron chi connectivity index (χ0n) is 15.3. The Balaban J connectivity index is 2.31. The molecule has 0 spiro atoms. The SMILES string of the molecule is CC(=O)C(CC#N)(c1ccc(Cl)cc1)n1ccc2c(NS(C)(=O)=O)cccc21. The normalized spacial score (nSPS) is 13.6. The van der Waals surface area contributed by atoms with Crippen LogP contribution in [-0.4, -0.2) is 25.0 Å². The summed E-state index contributed by atoms with van der Waals surface area (Å²) in [6.45, 7) is 1.44. The van der Waals surface area contributed by atoms with Crippen LogP contribution in [0.1, 0.15) is 18.9 Å². The fourth-order valence-electron chi connectivity index (χ4n) is 3.45. The van der Waals surface area contributed by atoms with Crippen LogP contribution in [0.25, 0.3) is 10.9 Å². The Kier molecular flexibility index (Phi) is 5.20. The van der Waals surface area contributed by atoms with E-state index in [1.165, 1.54) is 6.92 Å². The van der Waals surface area contributed by atoms with Gasteiger partial charge >= 0.3 is 0 Å². The molecule has 0 radical (unpaired) electrons. The third-order valence-electron chi connectivity index (χ3n) is 4.68. The van der Waals surface area contributed by atoms with E-state index >= 15 is 0 Å². The number of ketones is 1. The number of sulfonamides is 1. The second kappa shape index (κ2) is 7.30. The molecule has 0 aliphatic heterocycles. The summed E-state index contributed by atoms with van der Waals surface area (Å²) >= 11 is 6.00. The van der Waals surface area contributed by atoms with Crippen molar-refractivity contribution in [2.75, 3.05) is 11.0 Å². The molecule has 8 heteroatoms. The standard InChI is InChI=1S/C20H18ClN3O3S/c1-14(25)20(11-12-22,15-6-8-16(21)9-7-15)24-13-10-17-18(23-28(2,26)27)4-3-5-19(17)24/h3-10,13,23H,11H2,1-2H3. The number of Topliss-reactive ketones (excluding diaryl/α,β-unsaturated/α-hetero) is 1. The van der Waals surface area contributed by atoms with Crippen LogP contribution in [-0.2, 0) is 20.4 Å². The van der Waals surface area contributed by atoms with Crippen molar-refractivity contribution < 1.29 is 13.2 Å². The van der Waals surface area contributed by atoms with Gasteiger partial charge in [0.25, 0.3) is 0 Å². The first-order chi connectivity index (χ1) is 13.2. The van der Waals surface area contributed by atoms with E-state index in [1.54, 1.807) is 59.3 Å². The van der Waals surface area contributed by atoms with E-state index in [0.29, 0.717) is 27.2 Å². The van der Waals surface area contributed by atoms with Gasteiger partial charge in [-0.2, -0.15) is 5.26 Å². The summed E-state index contributed by atoms with van der Waals surface area (Å²) in [7, 11) is -3.47. The molecule has 3 rings (SSSR count). The van der Waals surface area contributed by atoms with Crippen molar-refractivity contribution >= 4 is 44.0 Å². The summed E-state index contributed by atoms with van der Waals surface area (Å²) in [5, 5.41) is 10.7.